The summed E-state index contributed by atoms with van der Waals surface area (Å²) in [4.78, 5) is 2.41. The molecule has 0 bridgehead atoms. The van der Waals surface area contributed by atoms with Gasteiger partial charge in [-0.15, -0.1) is 0 Å². The van der Waals surface area contributed by atoms with Gasteiger partial charge in [-0.25, -0.2) is 8.42 Å². The second-order valence-corrected chi connectivity index (χ2v) is 7.87. The molecule has 21 heavy (non-hydrogen) atoms. The number of H-pyrrole nitrogens is 1. The van der Waals surface area contributed by atoms with Gasteiger partial charge in [0.25, 0.3) is 0 Å². The van der Waals surface area contributed by atoms with Crippen LogP contribution >= 0.6 is 11.6 Å². The average Bonchev–Trinajstić information content (AvgIpc) is 2.92. The van der Waals surface area contributed by atoms with E-state index in [9.17, 15) is 8.42 Å². The maximum Gasteiger partial charge on any atom is 0.180 e. The minimum absolute atomic E-state index is 0.0896. The number of nitrogens with one attached hydrogen (secondary N) is 1. The Labute approximate surface area is 128 Å². The summed E-state index contributed by atoms with van der Waals surface area (Å²) < 4.78 is 24.5. The Bertz CT molecular complexity index is 785. The van der Waals surface area contributed by atoms with Crippen LogP contribution in [0.3, 0.4) is 0 Å². The number of nitrogens with zero attached hydrogens (tertiary/aromatic N) is 2. The first-order valence-electron chi connectivity index (χ1n) is 6.60. The predicted molar refractivity (Wildman–Crippen MR) is 81.0 cm³/mol. The number of rotatable bonds is 3. The molecule has 0 saturated carbocycles. The molecule has 2 heterocycles. The number of hydrogen-bond acceptors (Lipinski definition) is 4. The molecule has 3 rings (SSSR count). The van der Waals surface area contributed by atoms with Crippen molar-refractivity contribution >= 4 is 21.4 Å². The standard InChI is InChI=1S/C14H16ClN3O2S/c1-9-6-16-17-12(9)7-18(2)13-8-21(19,20)14-4-3-10(15)5-11(13)14/h3-6,13H,7-8H2,1-2H3,(H,16,17). The maximum absolute atomic E-state index is 12.3. The quantitative estimate of drug-likeness (QED) is 0.940. The van der Waals surface area contributed by atoms with E-state index in [1.807, 2.05) is 18.9 Å². The fourth-order valence-electron chi connectivity index (χ4n) is 2.71. The molecule has 1 aliphatic heterocycles. The van der Waals surface area contributed by atoms with E-state index in [2.05, 4.69) is 10.2 Å². The van der Waals surface area contributed by atoms with E-state index < -0.39 is 9.84 Å². The van der Waals surface area contributed by atoms with E-state index in [4.69, 9.17) is 11.6 Å². The highest BCUT2D eigenvalue weighted by molar-refractivity contribution is 7.91. The first kappa shape index (κ1) is 14.6. The minimum Gasteiger partial charge on any atom is -0.292 e. The number of benzene rings is 1. The molecule has 0 saturated heterocycles. The zero-order chi connectivity index (χ0) is 15.2. The van der Waals surface area contributed by atoms with Gasteiger partial charge in [0.1, 0.15) is 0 Å². The van der Waals surface area contributed by atoms with Gasteiger partial charge >= 0.3 is 0 Å². The van der Waals surface area contributed by atoms with Crippen LogP contribution in [0.25, 0.3) is 0 Å². The summed E-state index contributed by atoms with van der Waals surface area (Å²) in [7, 11) is -1.32. The summed E-state index contributed by atoms with van der Waals surface area (Å²) in [6.07, 6.45) is 1.76. The van der Waals surface area contributed by atoms with E-state index in [0.29, 0.717) is 16.5 Å². The maximum atomic E-state index is 12.3. The second kappa shape index (κ2) is 5.12. The molecule has 0 fully saturated rings. The third-order valence-electron chi connectivity index (χ3n) is 3.92. The molecular weight excluding hydrogens is 310 g/mol. The van der Waals surface area contributed by atoms with Crippen LogP contribution in [0.4, 0.5) is 0 Å². The van der Waals surface area contributed by atoms with Crippen LogP contribution in [0.5, 0.6) is 0 Å². The summed E-state index contributed by atoms with van der Waals surface area (Å²) in [5, 5.41) is 7.50. The number of fused-ring (bicyclic) bond motifs is 1. The van der Waals surface area contributed by atoms with Gasteiger partial charge in [-0.3, -0.25) is 10.00 Å². The Kier molecular flexibility index (Phi) is 3.55. The van der Waals surface area contributed by atoms with E-state index in [0.717, 1.165) is 16.8 Å². The number of aryl methyl sites for hydroxylation is 1. The lowest BCUT2D eigenvalue weighted by atomic mass is 10.1. The Morgan fingerprint density at radius 3 is 2.90 bits per heavy atom. The fraction of sp³-hybridized carbons (Fsp3) is 0.357. The molecule has 112 valence electrons. The van der Waals surface area contributed by atoms with Gasteiger partial charge in [0.15, 0.2) is 9.84 Å². The number of hydrogen-bond donors (Lipinski definition) is 1. The molecule has 1 N–H and O–H groups in total. The summed E-state index contributed by atoms with van der Waals surface area (Å²) in [5.41, 5.74) is 2.83. The van der Waals surface area contributed by atoms with Crippen LogP contribution in [0.1, 0.15) is 22.9 Å². The van der Waals surface area contributed by atoms with Crippen molar-refractivity contribution < 1.29 is 8.42 Å². The Hall–Kier alpha value is -1.37. The lowest BCUT2D eigenvalue weighted by Gasteiger charge is -2.23. The molecule has 2 aromatic rings. The molecular formula is C14H16ClN3O2S. The molecule has 1 aromatic carbocycles. The van der Waals surface area contributed by atoms with Crippen LogP contribution in [-0.2, 0) is 16.4 Å². The lowest BCUT2D eigenvalue weighted by Crippen LogP contribution is -2.26. The summed E-state index contributed by atoms with van der Waals surface area (Å²) in [6, 6.07) is 4.79. The Morgan fingerprint density at radius 1 is 1.48 bits per heavy atom. The third-order valence-corrected chi connectivity index (χ3v) is 5.95. The van der Waals surface area contributed by atoms with Crippen molar-refractivity contribution in [2.24, 2.45) is 0 Å². The van der Waals surface area contributed by atoms with Crippen LogP contribution in [-0.4, -0.2) is 36.3 Å². The predicted octanol–water partition coefficient (Wildman–Crippen LogP) is 2.33. The molecule has 7 heteroatoms. The van der Waals surface area contributed by atoms with Gasteiger partial charge in [-0.2, -0.15) is 5.10 Å². The SMILES string of the molecule is Cc1cn[nH]c1CN(C)C1CS(=O)(=O)c2ccc(Cl)cc21. The summed E-state index contributed by atoms with van der Waals surface area (Å²) in [5.74, 6) is 0.0896. The topological polar surface area (TPSA) is 66.1 Å². The third kappa shape index (κ3) is 2.59. The number of sulfone groups is 1. The second-order valence-electron chi connectivity index (χ2n) is 5.43. The Morgan fingerprint density at radius 2 is 2.24 bits per heavy atom. The Balaban J connectivity index is 1.94. The van der Waals surface area contributed by atoms with Crippen molar-refractivity contribution in [2.45, 2.75) is 24.4 Å². The first-order valence-corrected chi connectivity index (χ1v) is 8.63. The van der Waals surface area contributed by atoms with Crippen LogP contribution in [0, 0.1) is 6.92 Å². The summed E-state index contributed by atoms with van der Waals surface area (Å²) >= 11 is 6.02. The number of aromatic amines is 1. The van der Waals surface area contributed by atoms with Gasteiger partial charge in [0.05, 0.1) is 28.6 Å². The van der Waals surface area contributed by atoms with Gasteiger partial charge in [-0.1, -0.05) is 11.6 Å². The molecule has 1 atom stereocenters. The van der Waals surface area contributed by atoms with Crippen LogP contribution in [0.15, 0.2) is 29.3 Å². The largest absolute Gasteiger partial charge is 0.292 e. The van der Waals surface area contributed by atoms with Crippen molar-refractivity contribution in [3.8, 4) is 0 Å². The number of halogens is 1. The molecule has 5 nitrogen and oxygen atoms in total. The molecule has 0 spiro atoms. The fourth-order valence-corrected chi connectivity index (χ4v) is 4.75. The van der Waals surface area contributed by atoms with E-state index in [1.54, 1.807) is 24.4 Å². The smallest absolute Gasteiger partial charge is 0.180 e. The van der Waals surface area contributed by atoms with Gasteiger partial charge < -0.3 is 0 Å². The molecule has 0 aliphatic carbocycles. The van der Waals surface area contributed by atoms with E-state index >= 15 is 0 Å². The van der Waals surface area contributed by atoms with Gasteiger partial charge in [0, 0.05) is 11.6 Å². The van der Waals surface area contributed by atoms with Crippen molar-refractivity contribution in [1.29, 1.82) is 0 Å². The zero-order valence-electron chi connectivity index (χ0n) is 11.8. The molecule has 1 unspecified atom stereocenters. The highest BCUT2D eigenvalue weighted by Gasteiger charge is 2.37. The van der Waals surface area contributed by atoms with Crippen LogP contribution in [0.2, 0.25) is 5.02 Å². The minimum atomic E-state index is -3.23. The molecule has 0 amide bonds. The first-order chi connectivity index (χ1) is 9.88. The molecule has 1 aliphatic rings. The van der Waals surface area contributed by atoms with Crippen LogP contribution < -0.4 is 0 Å². The molecule has 0 radical (unpaired) electrons. The highest BCUT2D eigenvalue weighted by Crippen LogP contribution is 2.38. The van der Waals surface area contributed by atoms with Crippen molar-refractivity contribution in [1.82, 2.24) is 15.1 Å². The average molecular weight is 326 g/mol. The van der Waals surface area contributed by atoms with Crippen molar-refractivity contribution in [2.75, 3.05) is 12.8 Å². The van der Waals surface area contributed by atoms with Gasteiger partial charge in [0.2, 0.25) is 0 Å². The normalized spacial score (nSPS) is 19.9. The van der Waals surface area contributed by atoms with Crippen molar-refractivity contribution in [3.63, 3.8) is 0 Å². The zero-order valence-corrected chi connectivity index (χ0v) is 13.4. The summed E-state index contributed by atoms with van der Waals surface area (Å²) in [6.45, 7) is 2.58. The lowest BCUT2D eigenvalue weighted by molar-refractivity contribution is 0.253. The highest BCUT2D eigenvalue weighted by atomic mass is 35.5. The van der Waals surface area contributed by atoms with Crippen molar-refractivity contribution in [3.05, 3.63) is 46.2 Å². The number of aromatic nitrogens is 2. The van der Waals surface area contributed by atoms with E-state index in [1.165, 1.54) is 0 Å². The molecule has 1 aromatic heterocycles. The van der Waals surface area contributed by atoms with E-state index in [-0.39, 0.29) is 11.8 Å². The van der Waals surface area contributed by atoms with Gasteiger partial charge in [-0.05, 0) is 43.3 Å². The monoisotopic (exact) mass is 325 g/mol.